The highest BCUT2D eigenvalue weighted by Crippen LogP contribution is 2.31. The summed E-state index contributed by atoms with van der Waals surface area (Å²) in [5.41, 5.74) is 1.89. The summed E-state index contributed by atoms with van der Waals surface area (Å²) in [5, 5.41) is 4.29. The van der Waals surface area contributed by atoms with Crippen molar-refractivity contribution in [1.29, 1.82) is 0 Å². The van der Waals surface area contributed by atoms with E-state index in [-0.39, 0.29) is 54.5 Å². The van der Waals surface area contributed by atoms with Gasteiger partial charge in [-0.2, -0.15) is 0 Å². The Morgan fingerprint density at radius 1 is 0.909 bits per heavy atom. The molecule has 1 aliphatic rings. The molecule has 3 aromatic rings. The van der Waals surface area contributed by atoms with Crippen LogP contribution < -0.4 is 9.62 Å². The summed E-state index contributed by atoms with van der Waals surface area (Å²) in [4.78, 5) is 29.6. The molecule has 7 nitrogen and oxygen atoms in total. The van der Waals surface area contributed by atoms with E-state index in [1.807, 2.05) is 48.5 Å². The van der Waals surface area contributed by atoms with Crippen LogP contribution in [0.2, 0.25) is 15.1 Å². The molecule has 1 N–H and O–H groups in total. The molecule has 4 rings (SSSR count). The Labute approximate surface area is 275 Å². The number of nitrogens with one attached hydrogen (secondary N) is 1. The maximum atomic E-state index is 14.1. The number of hydrogen-bond acceptors (Lipinski definition) is 4. The Morgan fingerprint density at radius 3 is 2.27 bits per heavy atom. The van der Waals surface area contributed by atoms with E-state index in [9.17, 15) is 18.0 Å². The van der Waals surface area contributed by atoms with Gasteiger partial charge in [0.1, 0.15) is 6.04 Å². The van der Waals surface area contributed by atoms with Crippen molar-refractivity contribution in [2.24, 2.45) is 0 Å². The highest BCUT2D eigenvalue weighted by molar-refractivity contribution is 7.92. The third-order valence-corrected chi connectivity index (χ3v) is 9.95. The summed E-state index contributed by atoms with van der Waals surface area (Å²) in [7, 11) is -3.73. The summed E-state index contributed by atoms with van der Waals surface area (Å²) in [6.45, 7) is 0.131. The summed E-state index contributed by atoms with van der Waals surface area (Å²) in [5.74, 6) is -0.486. The summed E-state index contributed by atoms with van der Waals surface area (Å²) < 4.78 is 26.6. The zero-order valence-corrected chi connectivity index (χ0v) is 27.8. The monoisotopic (exact) mass is 677 g/mol. The van der Waals surface area contributed by atoms with E-state index < -0.39 is 16.1 Å². The Bertz CT molecular complexity index is 1530. The summed E-state index contributed by atoms with van der Waals surface area (Å²) >= 11 is 19.0. The maximum Gasteiger partial charge on any atom is 0.243 e. The van der Waals surface area contributed by atoms with Gasteiger partial charge in [0.25, 0.3) is 0 Å². The normalized spacial score (nSPS) is 14.5. The number of amides is 2. The molecule has 1 saturated carbocycles. The number of carbonyl (C=O) groups is 2. The number of hydrogen-bond donors (Lipinski definition) is 1. The molecule has 11 heteroatoms. The van der Waals surface area contributed by atoms with Crippen molar-refractivity contribution in [1.82, 2.24) is 10.2 Å². The van der Waals surface area contributed by atoms with Gasteiger partial charge in [-0.1, -0.05) is 103 Å². The van der Waals surface area contributed by atoms with E-state index in [1.54, 1.807) is 17.0 Å². The average molecular weight is 679 g/mol. The van der Waals surface area contributed by atoms with Gasteiger partial charge in [-0.25, -0.2) is 8.42 Å². The van der Waals surface area contributed by atoms with Crippen LogP contribution >= 0.6 is 34.8 Å². The minimum atomic E-state index is -3.73. The van der Waals surface area contributed by atoms with Crippen molar-refractivity contribution < 1.29 is 18.0 Å². The SMILES string of the molecule is CS(=O)(=O)N(CCCC(=O)N(Cc1ccccc1Cl)C(Cc1ccccc1)C(=O)NC1CCCCC1)c1cc(Cl)ccc1Cl. The van der Waals surface area contributed by atoms with E-state index in [0.29, 0.717) is 16.5 Å². The molecule has 0 bridgehead atoms. The molecule has 2 amide bonds. The standard InChI is InChI=1S/C33H38Cl3N3O4S/c1-44(42,43)39(30-22-26(34)18-19-29(30)36)20-10-17-32(40)38(23-25-13-8-9-16-28(25)35)31(21-24-11-4-2-5-12-24)33(41)37-27-14-6-3-7-15-27/h2,4-5,8-9,11-13,16,18-19,22,27,31H,3,6-7,10,14-15,17,20-21,23H2,1H3,(H,37,41). The van der Waals surface area contributed by atoms with Gasteiger partial charge >= 0.3 is 0 Å². The highest BCUT2D eigenvalue weighted by atomic mass is 35.5. The second-order valence-corrected chi connectivity index (χ2v) is 14.4. The number of carbonyl (C=O) groups excluding carboxylic acids is 2. The molecular formula is C33H38Cl3N3O4S. The molecule has 0 spiro atoms. The molecule has 44 heavy (non-hydrogen) atoms. The van der Waals surface area contributed by atoms with Gasteiger partial charge in [-0.15, -0.1) is 0 Å². The van der Waals surface area contributed by atoms with Crippen LogP contribution in [0.5, 0.6) is 0 Å². The Balaban J connectivity index is 1.61. The third kappa shape index (κ3) is 9.61. The minimum absolute atomic E-state index is 0.00217. The van der Waals surface area contributed by atoms with Crippen molar-refractivity contribution in [2.75, 3.05) is 17.1 Å². The zero-order valence-electron chi connectivity index (χ0n) is 24.7. The topological polar surface area (TPSA) is 86.8 Å². The maximum absolute atomic E-state index is 14.1. The number of benzene rings is 3. The molecule has 0 saturated heterocycles. The lowest BCUT2D eigenvalue weighted by molar-refractivity contribution is -0.141. The molecular weight excluding hydrogens is 641 g/mol. The number of sulfonamides is 1. The number of halogens is 3. The average Bonchev–Trinajstić information content (AvgIpc) is 2.99. The predicted octanol–water partition coefficient (Wildman–Crippen LogP) is 7.28. The van der Waals surface area contributed by atoms with E-state index in [2.05, 4.69) is 5.32 Å². The zero-order chi connectivity index (χ0) is 31.7. The van der Waals surface area contributed by atoms with Crippen LogP contribution in [0, 0.1) is 0 Å². The summed E-state index contributed by atoms with van der Waals surface area (Å²) in [6, 6.07) is 20.7. The third-order valence-electron chi connectivity index (χ3n) is 7.85. The Hall–Kier alpha value is -2.78. The van der Waals surface area contributed by atoms with Crippen LogP contribution in [0.1, 0.15) is 56.1 Å². The van der Waals surface area contributed by atoms with E-state index in [1.165, 1.54) is 12.1 Å². The number of nitrogens with zero attached hydrogens (tertiary/aromatic N) is 2. The van der Waals surface area contributed by atoms with Gasteiger partial charge in [-0.05, 0) is 54.7 Å². The first kappa shape index (κ1) is 34.1. The first-order valence-corrected chi connectivity index (χ1v) is 17.8. The van der Waals surface area contributed by atoms with E-state index in [0.717, 1.165) is 53.8 Å². The van der Waals surface area contributed by atoms with Crippen molar-refractivity contribution >= 4 is 62.3 Å². The molecule has 0 radical (unpaired) electrons. The van der Waals surface area contributed by atoms with Gasteiger partial charge in [0.15, 0.2) is 0 Å². The van der Waals surface area contributed by atoms with Crippen LogP contribution in [0.25, 0.3) is 0 Å². The summed E-state index contributed by atoms with van der Waals surface area (Å²) in [6.07, 6.45) is 6.69. The van der Waals surface area contributed by atoms with E-state index >= 15 is 0 Å². The first-order valence-electron chi connectivity index (χ1n) is 14.8. The molecule has 0 aromatic heterocycles. The molecule has 1 fully saturated rings. The highest BCUT2D eigenvalue weighted by Gasteiger charge is 2.32. The van der Waals surface area contributed by atoms with Crippen LogP contribution in [0.4, 0.5) is 5.69 Å². The molecule has 1 unspecified atom stereocenters. The van der Waals surface area contributed by atoms with Gasteiger partial charge in [-0.3, -0.25) is 13.9 Å². The molecule has 1 atom stereocenters. The van der Waals surface area contributed by atoms with Gasteiger partial charge in [0.05, 0.1) is 17.0 Å². The van der Waals surface area contributed by atoms with Crippen LogP contribution in [-0.4, -0.2) is 50.0 Å². The molecule has 0 heterocycles. The second-order valence-electron chi connectivity index (χ2n) is 11.2. The minimum Gasteiger partial charge on any atom is -0.352 e. The molecule has 236 valence electrons. The van der Waals surface area contributed by atoms with Gasteiger partial charge in [0, 0.05) is 42.0 Å². The predicted molar refractivity (Wildman–Crippen MR) is 179 cm³/mol. The first-order chi connectivity index (χ1) is 21.0. The van der Waals surface area contributed by atoms with Crippen molar-refractivity contribution in [3.8, 4) is 0 Å². The van der Waals surface area contributed by atoms with Crippen molar-refractivity contribution in [3.63, 3.8) is 0 Å². The fraction of sp³-hybridized carbons (Fsp3) is 0.394. The van der Waals surface area contributed by atoms with Crippen LogP contribution in [0.3, 0.4) is 0 Å². The van der Waals surface area contributed by atoms with Crippen molar-refractivity contribution in [3.05, 3.63) is 99.0 Å². The van der Waals surface area contributed by atoms with Gasteiger partial charge in [0.2, 0.25) is 21.8 Å². The lowest BCUT2D eigenvalue weighted by Gasteiger charge is -2.34. The fourth-order valence-corrected chi connectivity index (χ4v) is 7.17. The Kier molecular flexibility index (Phi) is 12.4. The van der Waals surface area contributed by atoms with E-state index in [4.69, 9.17) is 34.8 Å². The van der Waals surface area contributed by atoms with Crippen LogP contribution in [-0.2, 0) is 32.6 Å². The smallest absolute Gasteiger partial charge is 0.243 e. The molecule has 1 aliphatic carbocycles. The second kappa shape index (κ2) is 16.0. The number of anilines is 1. The van der Waals surface area contributed by atoms with Crippen molar-refractivity contribution in [2.45, 2.75) is 70.0 Å². The molecule has 3 aromatic carbocycles. The Morgan fingerprint density at radius 2 is 1.59 bits per heavy atom. The lowest BCUT2D eigenvalue weighted by atomic mass is 9.94. The lowest BCUT2D eigenvalue weighted by Crippen LogP contribution is -2.53. The largest absolute Gasteiger partial charge is 0.352 e. The fourth-order valence-electron chi connectivity index (χ4n) is 5.57. The molecule has 0 aliphatic heterocycles. The van der Waals surface area contributed by atoms with Crippen LogP contribution in [0.15, 0.2) is 72.8 Å². The van der Waals surface area contributed by atoms with Gasteiger partial charge < -0.3 is 10.2 Å². The quantitative estimate of drug-likeness (QED) is 0.206. The number of rotatable bonds is 13.